The van der Waals surface area contributed by atoms with E-state index < -0.39 is 0 Å². The van der Waals surface area contributed by atoms with E-state index in [4.69, 9.17) is 9.72 Å². The first-order valence-electron chi connectivity index (χ1n) is 11.2. The summed E-state index contributed by atoms with van der Waals surface area (Å²) in [5.74, 6) is 2.39. The van der Waals surface area contributed by atoms with Gasteiger partial charge in [0.05, 0.1) is 18.2 Å². The highest BCUT2D eigenvalue weighted by atomic mass is 32.2. The summed E-state index contributed by atoms with van der Waals surface area (Å²) in [4.78, 5) is 21.1. The molecule has 1 atom stereocenters. The Hall–Kier alpha value is -1.79. The number of benzene rings is 1. The van der Waals surface area contributed by atoms with Crippen molar-refractivity contribution in [1.29, 1.82) is 0 Å². The zero-order valence-electron chi connectivity index (χ0n) is 19.2. The highest BCUT2D eigenvalue weighted by molar-refractivity contribution is 7.99. The standard InChI is InChI=1S/C25H32N2O2S2/c1-6-7-14-30-24-26-22-21(19-13-8-16(25(2,3)4)15-20(19)31-22)23(28)27(24)17-9-11-18(29-5)12-10-17/h9-12,16H,6-8,13-15H2,1-5H3. The maximum Gasteiger partial charge on any atom is 0.267 e. The molecule has 3 aromatic rings. The number of hydrogen-bond acceptors (Lipinski definition) is 5. The number of nitrogens with zero attached hydrogens (tertiary/aromatic N) is 2. The van der Waals surface area contributed by atoms with Crippen molar-refractivity contribution in [2.45, 2.75) is 65.0 Å². The van der Waals surface area contributed by atoms with Gasteiger partial charge < -0.3 is 4.74 Å². The Labute approximate surface area is 193 Å². The van der Waals surface area contributed by atoms with Crippen LogP contribution in [0.25, 0.3) is 15.9 Å². The van der Waals surface area contributed by atoms with Crippen molar-refractivity contribution in [3.8, 4) is 11.4 Å². The second kappa shape index (κ2) is 8.99. The number of thioether (sulfide) groups is 1. The number of aromatic nitrogens is 2. The lowest BCUT2D eigenvalue weighted by molar-refractivity contribution is 0.218. The maximum atomic E-state index is 13.8. The normalized spacial score (nSPS) is 16.5. The van der Waals surface area contributed by atoms with Gasteiger partial charge in [-0.25, -0.2) is 4.98 Å². The Morgan fingerprint density at radius 2 is 2.00 bits per heavy atom. The van der Waals surface area contributed by atoms with Crippen LogP contribution in [-0.2, 0) is 12.8 Å². The van der Waals surface area contributed by atoms with Crippen molar-refractivity contribution in [2.24, 2.45) is 11.3 Å². The molecule has 0 amide bonds. The molecule has 1 aromatic carbocycles. The molecule has 166 valence electrons. The van der Waals surface area contributed by atoms with E-state index in [0.29, 0.717) is 5.92 Å². The highest BCUT2D eigenvalue weighted by Gasteiger charge is 2.32. The van der Waals surface area contributed by atoms with E-state index >= 15 is 0 Å². The summed E-state index contributed by atoms with van der Waals surface area (Å²) < 4.78 is 7.12. The third kappa shape index (κ3) is 4.42. The van der Waals surface area contributed by atoms with Crippen molar-refractivity contribution in [2.75, 3.05) is 12.9 Å². The monoisotopic (exact) mass is 456 g/mol. The second-order valence-corrected chi connectivity index (χ2v) is 11.6. The molecule has 2 aromatic heterocycles. The fraction of sp³-hybridized carbons (Fsp3) is 0.520. The molecule has 2 heterocycles. The molecule has 4 rings (SSSR count). The van der Waals surface area contributed by atoms with Gasteiger partial charge in [0.1, 0.15) is 10.6 Å². The minimum Gasteiger partial charge on any atom is -0.497 e. The quantitative estimate of drug-likeness (QED) is 0.241. The van der Waals surface area contributed by atoms with E-state index in [1.807, 2.05) is 28.8 Å². The van der Waals surface area contributed by atoms with Crippen LogP contribution < -0.4 is 10.3 Å². The van der Waals surface area contributed by atoms with E-state index in [-0.39, 0.29) is 11.0 Å². The van der Waals surface area contributed by atoms with E-state index in [0.717, 1.165) is 64.7 Å². The summed E-state index contributed by atoms with van der Waals surface area (Å²) in [6.45, 7) is 9.17. The van der Waals surface area contributed by atoms with E-state index in [2.05, 4.69) is 27.7 Å². The third-order valence-corrected chi connectivity index (χ3v) is 8.51. The molecule has 0 aliphatic heterocycles. The smallest absolute Gasteiger partial charge is 0.267 e. The van der Waals surface area contributed by atoms with Crippen LogP contribution in [0.3, 0.4) is 0 Å². The lowest BCUT2D eigenvalue weighted by atomic mass is 9.72. The van der Waals surface area contributed by atoms with E-state index in [9.17, 15) is 4.79 Å². The molecule has 31 heavy (non-hydrogen) atoms. The lowest BCUT2D eigenvalue weighted by Gasteiger charge is -2.33. The molecular weight excluding hydrogens is 424 g/mol. The highest BCUT2D eigenvalue weighted by Crippen LogP contribution is 2.42. The first kappa shape index (κ1) is 22.4. The van der Waals surface area contributed by atoms with Gasteiger partial charge in [-0.1, -0.05) is 45.9 Å². The number of aryl methyl sites for hydroxylation is 1. The molecule has 0 fully saturated rings. The van der Waals surface area contributed by atoms with Gasteiger partial charge in [-0.2, -0.15) is 0 Å². The Morgan fingerprint density at radius 3 is 2.65 bits per heavy atom. The molecule has 0 N–H and O–H groups in total. The predicted octanol–water partition coefficient (Wildman–Crippen LogP) is 6.50. The average molecular weight is 457 g/mol. The first-order chi connectivity index (χ1) is 14.8. The molecule has 6 heteroatoms. The molecule has 0 saturated carbocycles. The zero-order valence-corrected chi connectivity index (χ0v) is 20.8. The van der Waals surface area contributed by atoms with Crippen molar-refractivity contribution < 1.29 is 4.74 Å². The fourth-order valence-corrected chi connectivity index (χ4v) is 6.75. The molecule has 1 unspecified atom stereocenters. The van der Waals surface area contributed by atoms with Gasteiger partial charge in [-0.05, 0) is 66.8 Å². The van der Waals surface area contributed by atoms with Gasteiger partial charge in [0.25, 0.3) is 5.56 Å². The molecule has 0 spiro atoms. The average Bonchev–Trinajstić information content (AvgIpc) is 3.11. The number of unbranched alkanes of at least 4 members (excludes halogenated alkanes) is 1. The number of hydrogen-bond donors (Lipinski definition) is 0. The Bertz CT molecular complexity index is 1120. The van der Waals surface area contributed by atoms with Crippen LogP contribution in [0.4, 0.5) is 0 Å². The lowest BCUT2D eigenvalue weighted by Crippen LogP contribution is -2.27. The summed E-state index contributed by atoms with van der Waals surface area (Å²) in [7, 11) is 1.66. The molecule has 1 aliphatic carbocycles. The van der Waals surface area contributed by atoms with E-state index in [1.165, 1.54) is 10.4 Å². The van der Waals surface area contributed by atoms with Gasteiger partial charge >= 0.3 is 0 Å². The topological polar surface area (TPSA) is 44.1 Å². The minimum absolute atomic E-state index is 0.0703. The molecule has 4 nitrogen and oxygen atoms in total. The van der Waals surface area contributed by atoms with Crippen molar-refractivity contribution >= 4 is 33.3 Å². The van der Waals surface area contributed by atoms with Crippen LogP contribution in [0.1, 0.15) is 57.4 Å². The van der Waals surface area contributed by atoms with Crippen molar-refractivity contribution in [1.82, 2.24) is 9.55 Å². The first-order valence-corrected chi connectivity index (χ1v) is 13.0. The van der Waals surface area contributed by atoms with Gasteiger partial charge in [0.2, 0.25) is 0 Å². The number of thiophene rings is 1. The van der Waals surface area contributed by atoms with Gasteiger partial charge in [-0.3, -0.25) is 9.36 Å². The van der Waals surface area contributed by atoms with Crippen molar-refractivity contribution in [3.05, 3.63) is 45.1 Å². The summed E-state index contributed by atoms with van der Waals surface area (Å²) in [5, 5.41) is 1.63. The summed E-state index contributed by atoms with van der Waals surface area (Å²) in [6, 6.07) is 7.71. The van der Waals surface area contributed by atoms with Gasteiger partial charge in [0.15, 0.2) is 5.16 Å². The third-order valence-electron chi connectivity index (χ3n) is 6.34. The molecule has 0 bridgehead atoms. The van der Waals surface area contributed by atoms with E-state index in [1.54, 1.807) is 30.2 Å². The Kier molecular flexibility index (Phi) is 6.50. The van der Waals surface area contributed by atoms with Gasteiger partial charge in [0, 0.05) is 10.6 Å². The number of ether oxygens (including phenoxy) is 1. The van der Waals surface area contributed by atoms with Crippen LogP contribution in [-0.4, -0.2) is 22.4 Å². The maximum absolute atomic E-state index is 13.8. The Morgan fingerprint density at radius 1 is 1.26 bits per heavy atom. The largest absolute Gasteiger partial charge is 0.497 e. The summed E-state index contributed by atoms with van der Waals surface area (Å²) in [5.41, 5.74) is 2.44. The summed E-state index contributed by atoms with van der Waals surface area (Å²) in [6.07, 6.45) is 5.40. The molecule has 0 saturated heterocycles. The van der Waals surface area contributed by atoms with Crippen LogP contribution in [0, 0.1) is 11.3 Å². The summed E-state index contributed by atoms with van der Waals surface area (Å²) >= 11 is 3.42. The Balaban J connectivity index is 1.85. The number of rotatable bonds is 6. The fourth-order valence-electron chi connectivity index (χ4n) is 4.31. The predicted molar refractivity (Wildman–Crippen MR) is 132 cm³/mol. The number of fused-ring (bicyclic) bond motifs is 3. The second-order valence-electron chi connectivity index (χ2n) is 9.42. The molecule has 1 aliphatic rings. The van der Waals surface area contributed by atoms with Crippen LogP contribution >= 0.6 is 23.1 Å². The van der Waals surface area contributed by atoms with Crippen LogP contribution in [0.2, 0.25) is 0 Å². The van der Waals surface area contributed by atoms with Gasteiger partial charge in [-0.15, -0.1) is 11.3 Å². The zero-order chi connectivity index (χ0) is 22.2. The number of methoxy groups -OCH3 is 1. The van der Waals surface area contributed by atoms with Crippen LogP contribution in [0.5, 0.6) is 5.75 Å². The van der Waals surface area contributed by atoms with Crippen molar-refractivity contribution in [3.63, 3.8) is 0 Å². The van der Waals surface area contributed by atoms with Crippen LogP contribution in [0.15, 0.2) is 34.2 Å². The SMILES string of the molecule is CCCCSc1nc2sc3c(c2c(=O)n1-c1ccc(OC)cc1)CCC(C(C)(C)C)C3. The molecular formula is C25H32N2O2S2. The minimum atomic E-state index is 0.0703. The molecule has 0 radical (unpaired) electrons.